The Morgan fingerprint density at radius 1 is 1.25 bits per heavy atom. The molecule has 0 saturated carbocycles. The first-order valence-corrected chi connectivity index (χ1v) is 11.4. The van der Waals surface area contributed by atoms with Crippen LogP contribution in [0.3, 0.4) is 0 Å². The fourth-order valence-electron chi connectivity index (χ4n) is 3.52. The number of hydrogen-bond donors (Lipinski definition) is 5. The monoisotopic (exact) mass is 499 g/mol. The van der Waals surface area contributed by atoms with Crippen LogP contribution in [0.4, 0.5) is 10.4 Å². The molecule has 1 aliphatic heterocycles. The molecule has 0 fully saturated rings. The van der Waals surface area contributed by atoms with E-state index in [4.69, 9.17) is 9.15 Å². The number of fused-ring (bicyclic) bond motifs is 1. The highest BCUT2D eigenvalue weighted by Crippen LogP contribution is 2.23. The number of anilines is 1. The van der Waals surface area contributed by atoms with Crippen molar-refractivity contribution in [2.24, 2.45) is 4.99 Å². The van der Waals surface area contributed by atoms with Crippen LogP contribution >= 0.6 is 0 Å². The van der Waals surface area contributed by atoms with E-state index in [2.05, 4.69) is 25.9 Å². The largest absolute Gasteiger partial charge is 0.494 e. The van der Waals surface area contributed by atoms with E-state index < -0.39 is 23.9 Å². The molecule has 0 saturated heterocycles. The molecule has 3 aromatic rings. The maximum Gasteiger partial charge on any atom is 0.326 e. The predicted molar refractivity (Wildman–Crippen MR) is 128 cm³/mol. The van der Waals surface area contributed by atoms with Gasteiger partial charge in [0.2, 0.25) is 5.91 Å². The lowest BCUT2D eigenvalue weighted by Crippen LogP contribution is -2.48. The van der Waals surface area contributed by atoms with Crippen LogP contribution in [0, 0.1) is 5.82 Å². The highest BCUT2D eigenvalue weighted by atomic mass is 19.1. The minimum atomic E-state index is -1.11. The van der Waals surface area contributed by atoms with Crippen molar-refractivity contribution in [3.63, 3.8) is 0 Å². The molecular formula is C24H26FN5O6. The fourth-order valence-corrected chi connectivity index (χ4v) is 3.52. The summed E-state index contributed by atoms with van der Waals surface area (Å²) in [7, 11) is 0. The molecule has 0 spiro atoms. The summed E-state index contributed by atoms with van der Waals surface area (Å²) in [5.74, 6) is -0.945. The molecule has 1 amide bonds. The van der Waals surface area contributed by atoms with E-state index in [0.29, 0.717) is 36.8 Å². The Morgan fingerprint density at radius 2 is 2.06 bits per heavy atom. The average molecular weight is 499 g/mol. The first-order valence-electron chi connectivity index (χ1n) is 11.4. The summed E-state index contributed by atoms with van der Waals surface area (Å²) < 4.78 is 24.8. The van der Waals surface area contributed by atoms with Crippen molar-refractivity contribution in [1.82, 2.24) is 15.6 Å². The first kappa shape index (κ1) is 24.9. The highest BCUT2D eigenvalue weighted by molar-refractivity contribution is 5.97. The van der Waals surface area contributed by atoms with Crippen molar-refractivity contribution >= 4 is 35.0 Å². The number of benzene rings is 2. The standard InChI is InChI=1S/C24H26FN5O6/c25-17-3-1-4-18-21(17)36-24(28-18)29-19(22(33)34)11-14-6-8-16(9-7-14)35-10-2-5-20(32)30-23-26-12-15(31)13-27-23/h1,3-4,6-9,15,19,31H,2,5,10-13H2,(H,28,29)(H,33,34)(H2,26,27,30,32). The maximum absolute atomic E-state index is 13.8. The number of para-hydroxylation sites is 1. The Bertz CT molecular complexity index is 1250. The normalized spacial score (nSPS) is 16.1. The van der Waals surface area contributed by atoms with Gasteiger partial charge in [-0.1, -0.05) is 18.2 Å². The molecule has 2 unspecified atom stereocenters. The summed E-state index contributed by atoms with van der Waals surface area (Å²) in [6.07, 6.45) is 0.315. The molecule has 4 rings (SSSR count). The van der Waals surface area contributed by atoms with E-state index in [1.807, 2.05) is 0 Å². The molecule has 1 aromatic heterocycles. The lowest BCUT2D eigenvalue weighted by atomic mass is 10.1. The van der Waals surface area contributed by atoms with Gasteiger partial charge in [-0.05, 0) is 36.2 Å². The summed E-state index contributed by atoms with van der Waals surface area (Å²) >= 11 is 0. The zero-order chi connectivity index (χ0) is 25.5. The van der Waals surface area contributed by atoms with Crippen LogP contribution in [0.2, 0.25) is 0 Å². The van der Waals surface area contributed by atoms with Crippen LogP contribution in [0.1, 0.15) is 18.4 Å². The minimum absolute atomic E-state index is 0.0395. The molecule has 2 heterocycles. The predicted octanol–water partition coefficient (Wildman–Crippen LogP) is 1.67. The molecule has 2 atom stereocenters. The Morgan fingerprint density at radius 3 is 2.75 bits per heavy atom. The van der Waals surface area contributed by atoms with Gasteiger partial charge in [0.15, 0.2) is 17.4 Å². The van der Waals surface area contributed by atoms with Crippen LogP contribution < -0.4 is 20.7 Å². The van der Waals surface area contributed by atoms with Crippen molar-refractivity contribution in [1.29, 1.82) is 0 Å². The number of aliphatic hydroxyl groups is 1. The Balaban J connectivity index is 1.23. The summed E-state index contributed by atoms with van der Waals surface area (Å²) in [6.45, 7) is 0.916. The number of carboxylic acid groups (broad SMARTS) is 1. The van der Waals surface area contributed by atoms with E-state index in [1.165, 1.54) is 12.1 Å². The van der Waals surface area contributed by atoms with Gasteiger partial charge < -0.3 is 30.0 Å². The number of carbonyl (C=O) groups excluding carboxylic acids is 1. The van der Waals surface area contributed by atoms with Crippen molar-refractivity contribution in [2.45, 2.75) is 31.4 Å². The lowest BCUT2D eigenvalue weighted by Gasteiger charge is -2.19. The number of carbonyl (C=O) groups is 2. The number of rotatable bonds is 10. The number of nitrogens with zero attached hydrogens (tertiary/aromatic N) is 2. The highest BCUT2D eigenvalue weighted by Gasteiger charge is 2.21. The lowest BCUT2D eigenvalue weighted by molar-refractivity contribution is -0.138. The van der Waals surface area contributed by atoms with E-state index >= 15 is 0 Å². The van der Waals surface area contributed by atoms with Gasteiger partial charge in [-0.25, -0.2) is 9.18 Å². The first-order chi connectivity index (χ1) is 17.4. The Kier molecular flexibility index (Phi) is 7.95. The molecule has 2 aromatic carbocycles. The Labute approximate surface area is 205 Å². The number of hydrogen-bond acceptors (Lipinski definition) is 9. The van der Waals surface area contributed by atoms with Crippen molar-refractivity contribution in [3.05, 3.63) is 53.8 Å². The quantitative estimate of drug-likeness (QED) is 0.262. The van der Waals surface area contributed by atoms with Gasteiger partial charge in [-0.15, -0.1) is 0 Å². The summed E-state index contributed by atoms with van der Waals surface area (Å²) in [6, 6.07) is 10.1. The number of nitrogens with one attached hydrogen (secondary N) is 3. The minimum Gasteiger partial charge on any atom is -0.494 e. The van der Waals surface area contributed by atoms with Gasteiger partial charge in [0.05, 0.1) is 19.3 Å². The number of aliphatic hydroxyl groups excluding tert-OH is 1. The number of aliphatic imine (C=N–C) groups is 1. The third-order valence-corrected chi connectivity index (χ3v) is 5.37. The molecule has 1 aliphatic rings. The maximum atomic E-state index is 13.8. The number of guanidine groups is 1. The van der Waals surface area contributed by atoms with Crippen LogP contribution in [0.5, 0.6) is 5.75 Å². The van der Waals surface area contributed by atoms with Gasteiger partial charge in [0.1, 0.15) is 17.3 Å². The van der Waals surface area contributed by atoms with Crippen LogP contribution in [-0.2, 0) is 16.0 Å². The van der Waals surface area contributed by atoms with Crippen LogP contribution in [0.15, 0.2) is 51.9 Å². The Hall–Kier alpha value is -4.19. The fraction of sp³-hybridized carbons (Fsp3) is 0.333. The second kappa shape index (κ2) is 11.5. The van der Waals surface area contributed by atoms with Crippen molar-refractivity contribution < 1.29 is 33.3 Å². The third-order valence-electron chi connectivity index (χ3n) is 5.37. The number of oxazole rings is 1. The van der Waals surface area contributed by atoms with E-state index in [1.54, 1.807) is 30.3 Å². The topological polar surface area (TPSA) is 158 Å². The van der Waals surface area contributed by atoms with E-state index in [0.717, 1.165) is 5.56 Å². The van der Waals surface area contributed by atoms with E-state index in [9.17, 15) is 24.2 Å². The van der Waals surface area contributed by atoms with Gasteiger partial charge in [0.25, 0.3) is 6.01 Å². The third kappa shape index (κ3) is 6.69. The number of aliphatic carboxylic acids is 1. The zero-order valence-electron chi connectivity index (χ0n) is 19.2. The molecule has 36 heavy (non-hydrogen) atoms. The van der Waals surface area contributed by atoms with Gasteiger partial charge in [-0.2, -0.15) is 4.98 Å². The molecule has 190 valence electrons. The molecule has 12 heteroatoms. The second-order valence-electron chi connectivity index (χ2n) is 8.21. The molecule has 0 radical (unpaired) electrons. The summed E-state index contributed by atoms with van der Waals surface area (Å²) in [5, 5.41) is 27.2. The number of carboxylic acids is 1. The van der Waals surface area contributed by atoms with Crippen LogP contribution in [0.25, 0.3) is 11.1 Å². The number of ether oxygens (including phenoxy) is 1. The molecule has 0 bridgehead atoms. The summed E-state index contributed by atoms with van der Waals surface area (Å²) in [5.41, 5.74) is 0.983. The molecule has 11 nitrogen and oxygen atoms in total. The second-order valence-corrected chi connectivity index (χ2v) is 8.21. The van der Waals surface area contributed by atoms with Gasteiger partial charge in [-0.3, -0.25) is 15.1 Å². The zero-order valence-corrected chi connectivity index (χ0v) is 19.2. The average Bonchev–Trinajstić information content (AvgIpc) is 3.28. The summed E-state index contributed by atoms with van der Waals surface area (Å²) in [4.78, 5) is 31.8. The van der Waals surface area contributed by atoms with Crippen molar-refractivity contribution in [2.75, 3.05) is 25.0 Å². The van der Waals surface area contributed by atoms with E-state index in [-0.39, 0.29) is 36.9 Å². The van der Waals surface area contributed by atoms with Crippen LogP contribution in [-0.4, -0.2) is 64.9 Å². The number of β-amino-alcohol motifs (C(OH)–C–C–N with tert-alkyl or cyclic N) is 1. The number of amides is 1. The molecule has 0 aliphatic carbocycles. The molecular weight excluding hydrogens is 473 g/mol. The van der Waals surface area contributed by atoms with Gasteiger partial charge in [0, 0.05) is 19.4 Å². The number of aromatic nitrogens is 1. The number of halogens is 1. The molecule has 5 N–H and O–H groups in total. The SMILES string of the molecule is O=C(CCCOc1ccc(CC(Nc2nc3cccc(F)c3o2)C(=O)O)cc1)NC1=NCC(O)CN1. The van der Waals surface area contributed by atoms with Crippen molar-refractivity contribution in [3.8, 4) is 5.75 Å². The van der Waals surface area contributed by atoms with Gasteiger partial charge >= 0.3 is 5.97 Å². The smallest absolute Gasteiger partial charge is 0.326 e.